The smallest absolute Gasteiger partial charge is 0.327 e. The molecule has 1 spiro atoms. The standard InChI is InChI=1S/C73H93N13O18S/c1-8-69(101)33-40-34-72(67(100)104-7,57-44(21-26-84(35-40)37-69)43-15-10-11-16-47(43)77-57)46-28-45-51(31-52(46)103-6)83(5)64-71(45)23-27-85-25-13-22-70(9-2,63(71)85)65(98)73(64,102)66(99)82-81-39(4)41-17-19-42(20-18-41)86-54(87)32-53(61(86)95)105-36-50(62(96)97)80-60(94)49(30-56(90)91)79-59(93)48(29-55(88)89)78-58(92)38(3)14-12-24-76-68(74)75/h10-11,13,15-20,22,28,31-32,38,40,48-50,63-65,77,87,95,98,101-102H,8-9,12,14,21,23-27,29-30,33-37H2,1-7H3,(H,78,92)(H,79,93)(H,80,94)(H,82,99)(H,88,89)(H,90,91)(H,96,97)(H4,74,75,76)/t38-,40+,48-,49-,50-,63-,64+,65+,69-,70+,71+,72-,73-/m0/s1. The first-order valence-corrected chi connectivity index (χ1v) is 36.1. The van der Waals surface area contributed by atoms with Gasteiger partial charge in [0.1, 0.15) is 35.4 Å². The van der Waals surface area contributed by atoms with Gasteiger partial charge in [-0.05, 0) is 112 Å². The largest absolute Gasteiger partial charge is 0.496 e. The number of piperidine rings is 1. The zero-order valence-corrected chi connectivity index (χ0v) is 60.4. The van der Waals surface area contributed by atoms with Gasteiger partial charge in [0.05, 0.1) is 55.0 Å². The Bertz CT molecular complexity index is 4330. The highest BCUT2D eigenvalue weighted by Gasteiger charge is 2.79. The zero-order valence-electron chi connectivity index (χ0n) is 59.6. The van der Waals surface area contributed by atoms with E-state index in [9.17, 15) is 69.6 Å². The second-order valence-electron chi connectivity index (χ2n) is 28.7. The molecule has 1 aliphatic carbocycles. The van der Waals surface area contributed by atoms with Gasteiger partial charge in [-0.25, -0.2) is 10.2 Å². The van der Waals surface area contributed by atoms with Crippen LogP contribution in [0.2, 0.25) is 0 Å². The minimum atomic E-state index is -2.60. The molecule has 564 valence electrons. The minimum Gasteiger partial charge on any atom is -0.496 e. The predicted molar refractivity (Wildman–Crippen MR) is 386 cm³/mol. The van der Waals surface area contributed by atoms with E-state index < -0.39 is 148 Å². The lowest BCUT2D eigenvalue weighted by atomic mass is 9.47. The number of carboxylic acids is 3. The number of amides is 4. The van der Waals surface area contributed by atoms with Crippen LogP contribution in [-0.4, -0.2) is 233 Å². The van der Waals surface area contributed by atoms with E-state index in [1.165, 1.54) is 26.2 Å². The second kappa shape index (κ2) is 30.0. The number of carboxylic acid groups (broad SMARTS) is 3. The minimum absolute atomic E-state index is 0.0673. The number of likely N-dealkylation sites (N-methyl/N-ethyl adjacent to an activating group) is 1. The number of anilines is 1. The third-order valence-electron chi connectivity index (χ3n) is 22.6. The monoisotopic (exact) mass is 1470 g/mol. The number of aromatic nitrogens is 2. The van der Waals surface area contributed by atoms with Crippen LogP contribution in [0.25, 0.3) is 16.6 Å². The first-order valence-electron chi connectivity index (χ1n) is 35.1. The number of thioether (sulfide) groups is 1. The van der Waals surface area contributed by atoms with E-state index in [0.29, 0.717) is 111 Å². The molecule has 0 radical (unpaired) electrons. The number of nitrogens with two attached hydrogens (primary N) is 2. The van der Waals surface area contributed by atoms with E-state index in [2.05, 4.69) is 46.3 Å². The highest BCUT2D eigenvalue weighted by atomic mass is 32.2. The number of methoxy groups -OCH3 is 2. The number of carbonyl (C=O) groups excluding carboxylic acids is 5. The maximum absolute atomic E-state index is 15.7. The number of aromatic amines is 1. The summed E-state index contributed by atoms with van der Waals surface area (Å²) in [6.45, 7) is 10.0. The van der Waals surface area contributed by atoms with Crippen molar-refractivity contribution in [2.45, 2.75) is 155 Å². The Morgan fingerprint density at radius 3 is 2.15 bits per heavy atom. The number of aliphatic imine (C=N–C) groups is 1. The number of benzene rings is 3. The Kier molecular flexibility index (Phi) is 21.8. The van der Waals surface area contributed by atoms with Crippen LogP contribution < -0.4 is 42.5 Å². The van der Waals surface area contributed by atoms with Gasteiger partial charge in [-0.2, -0.15) is 5.10 Å². The van der Waals surface area contributed by atoms with Crippen molar-refractivity contribution in [3.05, 3.63) is 107 Å². The molecule has 31 nitrogen and oxygen atoms in total. The molecule has 2 saturated heterocycles. The van der Waals surface area contributed by atoms with Crippen molar-refractivity contribution in [1.29, 1.82) is 0 Å². The summed E-state index contributed by atoms with van der Waals surface area (Å²) in [4.78, 5) is 122. The Morgan fingerprint density at radius 1 is 0.838 bits per heavy atom. The molecule has 32 heteroatoms. The number of nitrogens with zero attached hydrogens (tertiary/aromatic N) is 6. The van der Waals surface area contributed by atoms with Gasteiger partial charge in [-0.1, -0.05) is 63.3 Å². The van der Waals surface area contributed by atoms with Gasteiger partial charge in [0.15, 0.2) is 17.4 Å². The lowest BCUT2D eigenvalue weighted by molar-refractivity contribution is -0.203. The van der Waals surface area contributed by atoms with Gasteiger partial charge in [0.2, 0.25) is 23.6 Å². The first kappa shape index (κ1) is 76.4. The molecular formula is C73H93N13O18S. The van der Waals surface area contributed by atoms with Crippen LogP contribution in [0.3, 0.4) is 0 Å². The van der Waals surface area contributed by atoms with Crippen molar-refractivity contribution >= 4 is 87.5 Å². The van der Waals surface area contributed by atoms with Crippen molar-refractivity contribution in [3.63, 3.8) is 0 Å². The number of hydrazone groups is 1. The van der Waals surface area contributed by atoms with E-state index in [4.69, 9.17) is 20.9 Å². The molecule has 17 N–H and O–H groups in total. The molecule has 5 aliphatic heterocycles. The molecule has 105 heavy (non-hydrogen) atoms. The van der Waals surface area contributed by atoms with Gasteiger partial charge in [-0.15, -0.1) is 11.8 Å². The van der Waals surface area contributed by atoms with E-state index in [1.54, 1.807) is 33.2 Å². The van der Waals surface area contributed by atoms with Crippen molar-refractivity contribution < 1.29 is 88.7 Å². The molecule has 3 fully saturated rings. The van der Waals surface area contributed by atoms with Crippen LogP contribution in [-0.2, 0) is 60.3 Å². The molecule has 14 atom stereocenters. The highest BCUT2D eigenvalue weighted by Crippen LogP contribution is 2.68. The topological polar surface area (TPSA) is 472 Å². The predicted octanol–water partition coefficient (Wildman–Crippen LogP) is 2.26. The number of aliphatic hydroxyl groups is 3. The molecule has 7 heterocycles. The van der Waals surface area contributed by atoms with E-state index >= 15 is 9.59 Å². The van der Waals surface area contributed by atoms with Gasteiger partial charge < -0.3 is 87.6 Å². The number of carbonyl (C=O) groups is 8. The molecule has 2 aromatic heterocycles. The maximum atomic E-state index is 15.7. The van der Waals surface area contributed by atoms with Gasteiger partial charge in [-0.3, -0.25) is 52.9 Å². The molecule has 3 aromatic carbocycles. The number of aromatic hydroxyl groups is 2. The fourth-order valence-corrected chi connectivity index (χ4v) is 18.7. The number of hydrogen-bond acceptors (Lipinski definition) is 21. The molecule has 1 saturated carbocycles. The van der Waals surface area contributed by atoms with Crippen LogP contribution in [0.4, 0.5) is 5.69 Å². The summed E-state index contributed by atoms with van der Waals surface area (Å²) >= 11 is 0.678. The van der Waals surface area contributed by atoms with Crippen LogP contribution in [0.15, 0.2) is 93.9 Å². The molecule has 5 aromatic rings. The third-order valence-corrected chi connectivity index (χ3v) is 23.7. The number of esters is 1. The number of aliphatic hydroxyl groups excluding tert-OH is 1. The molecule has 6 aliphatic rings. The van der Waals surface area contributed by atoms with E-state index in [1.807, 2.05) is 67.3 Å². The second-order valence-corrected chi connectivity index (χ2v) is 29.8. The summed E-state index contributed by atoms with van der Waals surface area (Å²) in [5.41, 5.74) is 11.0. The van der Waals surface area contributed by atoms with Crippen LogP contribution in [0, 0.1) is 17.3 Å². The van der Waals surface area contributed by atoms with Crippen LogP contribution in [0.5, 0.6) is 17.5 Å². The number of hydrogen-bond donors (Lipinski definition) is 15. The summed E-state index contributed by atoms with van der Waals surface area (Å²) in [7, 11) is 4.72. The maximum Gasteiger partial charge on any atom is 0.327 e. The summed E-state index contributed by atoms with van der Waals surface area (Å²) < 4.78 is 13.5. The number of nitrogens with one attached hydrogen (secondary N) is 5. The molecule has 4 amide bonds. The van der Waals surface area contributed by atoms with Crippen molar-refractivity contribution in [2.75, 3.05) is 71.2 Å². The first-order chi connectivity index (χ1) is 49.9. The van der Waals surface area contributed by atoms with Gasteiger partial charge in [0, 0.05) is 108 Å². The lowest BCUT2D eigenvalue weighted by Gasteiger charge is -2.63. The van der Waals surface area contributed by atoms with Crippen LogP contribution >= 0.6 is 11.8 Å². The van der Waals surface area contributed by atoms with Crippen molar-refractivity contribution in [1.82, 2.24) is 40.7 Å². The zero-order chi connectivity index (χ0) is 76.0. The summed E-state index contributed by atoms with van der Waals surface area (Å²) in [6, 6.07) is 11.9. The summed E-state index contributed by atoms with van der Waals surface area (Å²) in [6.07, 6.45) is 3.18. The lowest BCUT2D eigenvalue weighted by Crippen LogP contribution is -2.81. The number of H-pyrrole nitrogens is 1. The number of para-hydroxylation sites is 1. The van der Waals surface area contributed by atoms with E-state index in [0.717, 1.165) is 32.7 Å². The Hall–Kier alpha value is -9.73. The molecule has 11 rings (SSSR count). The SMILES string of the molecule is CC[C@]1(O)C[C@H]2CN(CCc3c([nH]c4ccccc34)[C@@](C(=O)OC)(c3cc4c(cc3OC)N(C)[C@H]3[C@@](O)(C(=O)NN=C(C)c5ccc(-n6c(O)cc(SC[C@H](NC(=O)[C@H](CC(=O)O)NC(=O)[C@H](CC(=O)O)NC(=O)[C@@H](C)CCCN=C(N)N)C(=O)O)c6O)cc5)[C@H](O)[C@]5(CC)C=CCN6CC[C@]43[C@@H]65)C2)C1. The molecular weight excluding hydrogens is 1380 g/mol. The number of ether oxygens (including phenoxy) is 2. The Balaban J connectivity index is 0.844. The summed E-state index contributed by atoms with van der Waals surface area (Å²) in [5.74, 6) is -11.9. The highest BCUT2D eigenvalue weighted by molar-refractivity contribution is 7.99. The summed E-state index contributed by atoms with van der Waals surface area (Å²) in [5, 5.41) is 103. The van der Waals surface area contributed by atoms with Gasteiger partial charge >= 0.3 is 23.9 Å². The fourth-order valence-electron chi connectivity index (χ4n) is 17.7. The number of guanidine groups is 1. The Morgan fingerprint density at radius 2 is 1.51 bits per heavy atom. The number of aliphatic carboxylic acids is 3. The Labute approximate surface area is 609 Å². The van der Waals surface area contributed by atoms with Crippen molar-refractivity contribution in [2.24, 2.45) is 38.8 Å². The number of rotatable bonds is 27. The normalized spacial score (nSPS) is 27.0. The fraction of sp³-hybridized carbons (Fsp3) is 0.507. The molecule has 1 unspecified atom stereocenters. The number of fused-ring (bicyclic) bond motifs is 6. The third kappa shape index (κ3) is 13.8. The van der Waals surface area contributed by atoms with Crippen molar-refractivity contribution in [3.8, 4) is 23.2 Å². The van der Waals surface area contributed by atoms with E-state index in [-0.39, 0.29) is 47.6 Å². The van der Waals surface area contributed by atoms with Gasteiger partial charge in [0.25, 0.3) is 5.91 Å². The van der Waals surface area contributed by atoms with Crippen LogP contribution in [0.1, 0.15) is 113 Å². The molecule has 2 bridgehead atoms. The quantitative estimate of drug-likeness (QED) is 0.00682. The average molecular weight is 1470 g/mol. The average Bonchev–Trinajstić information content (AvgIpc) is 1.50.